The van der Waals surface area contributed by atoms with Crippen molar-refractivity contribution in [2.24, 2.45) is 0 Å². The van der Waals surface area contributed by atoms with Crippen LogP contribution in [-0.4, -0.2) is 49.2 Å². The van der Waals surface area contributed by atoms with Crippen LogP contribution >= 0.6 is 11.3 Å². The van der Waals surface area contributed by atoms with E-state index in [1.165, 1.54) is 11.3 Å². The number of hydrogen-bond donors (Lipinski definition) is 2. The van der Waals surface area contributed by atoms with E-state index in [-0.39, 0.29) is 18.6 Å². The minimum atomic E-state index is -0.0699. The molecule has 1 atom stereocenters. The lowest BCUT2D eigenvalue weighted by molar-refractivity contribution is 0.0940. The predicted octanol–water partition coefficient (Wildman–Crippen LogP) is 1.55. The fourth-order valence-electron chi connectivity index (χ4n) is 1.61. The third kappa shape index (κ3) is 5.74. The van der Waals surface area contributed by atoms with E-state index < -0.39 is 0 Å². The first kappa shape index (κ1) is 16.7. The molecule has 0 aliphatic heterocycles. The summed E-state index contributed by atoms with van der Waals surface area (Å²) >= 11 is 1.39. The molecular weight excluding hydrogens is 272 g/mol. The first-order valence-corrected chi connectivity index (χ1v) is 7.55. The summed E-state index contributed by atoms with van der Waals surface area (Å²) in [5.74, 6) is 5.71. The maximum absolute atomic E-state index is 12.2. The molecule has 0 aliphatic carbocycles. The van der Waals surface area contributed by atoms with Crippen LogP contribution < -0.4 is 5.32 Å². The highest BCUT2D eigenvalue weighted by Crippen LogP contribution is 2.16. The van der Waals surface area contributed by atoms with Crippen LogP contribution in [0.4, 0.5) is 0 Å². The van der Waals surface area contributed by atoms with E-state index in [0.29, 0.717) is 11.3 Å². The summed E-state index contributed by atoms with van der Waals surface area (Å²) in [6.45, 7) is 2.99. The van der Waals surface area contributed by atoms with Crippen molar-refractivity contribution in [1.82, 2.24) is 10.2 Å². The van der Waals surface area contributed by atoms with Gasteiger partial charge in [-0.15, -0.1) is 11.3 Å². The van der Waals surface area contributed by atoms with E-state index >= 15 is 0 Å². The van der Waals surface area contributed by atoms with Gasteiger partial charge in [0.1, 0.15) is 4.88 Å². The van der Waals surface area contributed by atoms with Gasteiger partial charge in [-0.3, -0.25) is 4.79 Å². The quantitative estimate of drug-likeness (QED) is 0.783. The molecular formula is C15H22N2O2S. The van der Waals surface area contributed by atoms with Crippen LogP contribution in [0.3, 0.4) is 0 Å². The van der Waals surface area contributed by atoms with Gasteiger partial charge in [-0.2, -0.15) is 0 Å². The number of nitrogens with one attached hydrogen (secondary N) is 1. The second-order valence-electron chi connectivity index (χ2n) is 4.91. The second kappa shape index (κ2) is 8.75. The molecule has 0 fully saturated rings. The molecule has 4 nitrogen and oxygen atoms in total. The highest BCUT2D eigenvalue weighted by Gasteiger charge is 2.14. The molecule has 1 unspecified atom stereocenters. The molecule has 0 radical (unpaired) electrons. The maximum Gasteiger partial charge on any atom is 0.262 e. The molecule has 110 valence electrons. The van der Waals surface area contributed by atoms with E-state index in [9.17, 15) is 4.79 Å². The molecule has 1 heterocycles. The van der Waals surface area contributed by atoms with Gasteiger partial charge in [0.25, 0.3) is 5.91 Å². The zero-order chi connectivity index (χ0) is 15.0. The molecule has 1 rings (SSSR count). The monoisotopic (exact) mass is 294 g/mol. The third-order valence-electron chi connectivity index (χ3n) is 2.72. The fourth-order valence-corrected chi connectivity index (χ4v) is 2.36. The highest BCUT2D eigenvalue weighted by atomic mass is 32.1. The number of aliphatic hydroxyl groups excluding tert-OH is 1. The molecule has 0 spiro atoms. The lowest BCUT2D eigenvalue weighted by atomic mass is 10.2. The van der Waals surface area contributed by atoms with E-state index in [4.69, 9.17) is 5.11 Å². The molecule has 5 heteroatoms. The first-order chi connectivity index (χ1) is 9.54. The van der Waals surface area contributed by atoms with Gasteiger partial charge >= 0.3 is 0 Å². The number of aliphatic hydroxyl groups is 1. The lowest BCUT2D eigenvalue weighted by Crippen LogP contribution is -2.34. The van der Waals surface area contributed by atoms with Gasteiger partial charge < -0.3 is 15.3 Å². The van der Waals surface area contributed by atoms with Crippen LogP contribution in [0.5, 0.6) is 0 Å². The van der Waals surface area contributed by atoms with Crippen LogP contribution in [0.15, 0.2) is 11.4 Å². The molecule has 0 saturated heterocycles. The highest BCUT2D eigenvalue weighted by molar-refractivity contribution is 7.12. The Morgan fingerprint density at radius 3 is 2.95 bits per heavy atom. The Hall–Kier alpha value is -1.35. The van der Waals surface area contributed by atoms with Crippen molar-refractivity contribution >= 4 is 17.2 Å². The van der Waals surface area contributed by atoms with Gasteiger partial charge in [0.05, 0.1) is 6.61 Å². The average Bonchev–Trinajstić information content (AvgIpc) is 2.85. The number of carbonyl (C=O) groups is 1. The van der Waals surface area contributed by atoms with Crippen LogP contribution in [0.25, 0.3) is 0 Å². The van der Waals surface area contributed by atoms with E-state index in [0.717, 1.165) is 18.5 Å². The largest absolute Gasteiger partial charge is 0.395 e. The summed E-state index contributed by atoms with van der Waals surface area (Å²) in [5.41, 5.74) is 0.737. The normalized spacial score (nSPS) is 11.8. The molecule has 20 heavy (non-hydrogen) atoms. The Bertz CT molecular complexity index is 486. The number of hydrogen-bond acceptors (Lipinski definition) is 4. The summed E-state index contributed by atoms with van der Waals surface area (Å²) in [4.78, 5) is 14.9. The molecule has 0 bridgehead atoms. The van der Waals surface area contributed by atoms with Crippen LogP contribution in [-0.2, 0) is 0 Å². The van der Waals surface area contributed by atoms with Crippen LogP contribution in [0, 0.1) is 11.8 Å². The maximum atomic E-state index is 12.2. The standard InChI is InChI=1S/C15H22N2O2S/c1-12(7-9-17(2)3)16-15(19)14-13(8-11-20-14)6-4-5-10-18/h8,11-12,18H,5,7,9-10H2,1-3H3,(H,16,19). The summed E-state index contributed by atoms with van der Waals surface area (Å²) in [6, 6.07) is 1.97. The number of amides is 1. The fraction of sp³-hybridized carbons (Fsp3) is 0.533. The molecule has 1 aromatic heterocycles. The van der Waals surface area contributed by atoms with Crippen molar-refractivity contribution in [3.05, 3.63) is 21.9 Å². The zero-order valence-corrected chi connectivity index (χ0v) is 13.1. The summed E-state index contributed by atoms with van der Waals surface area (Å²) in [5, 5.41) is 13.6. The number of thiophene rings is 1. The zero-order valence-electron chi connectivity index (χ0n) is 12.3. The van der Waals surface area contributed by atoms with E-state index in [1.54, 1.807) is 0 Å². The summed E-state index contributed by atoms with van der Waals surface area (Å²) < 4.78 is 0. The van der Waals surface area contributed by atoms with Gasteiger partial charge in [0.15, 0.2) is 0 Å². The Kier molecular flexibility index (Phi) is 7.31. The van der Waals surface area contributed by atoms with Crippen molar-refractivity contribution in [3.63, 3.8) is 0 Å². The molecule has 2 N–H and O–H groups in total. The Balaban J connectivity index is 2.60. The van der Waals surface area contributed by atoms with Gasteiger partial charge in [-0.05, 0) is 45.4 Å². The first-order valence-electron chi connectivity index (χ1n) is 6.67. The molecule has 1 amide bonds. The van der Waals surface area contributed by atoms with Crippen molar-refractivity contribution < 1.29 is 9.90 Å². The van der Waals surface area contributed by atoms with Gasteiger partial charge in [0, 0.05) is 18.0 Å². The van der Waals surface area contributed by atoms with Crippen LogP contribution in [0.1, 0.15) is 35.0 Å². The van der Waals surface area contributed by atoms with Gasteiger partial charge in [0.2, 0.25) is 0 Å². The van der Waals surface area contributed by atoms with Crippen molar-refractivity contribution in [2.75, 3.05) is 27.2 Å². The molecule has 1 aromatic rings. The minimum absolute atomic E-state index is 0.0419. The van der Waals surface area contributed by atoms with Gasteiger partial charge in [-0.25, -0.2) is 0 Å². The third-order valence-corrected chi connectivity index (χ3v) is 3.63. The van der Waals surface area contributed by atoms with Crippen molar-refractivity contribution in [1.29, 1.82) is 0 Å². The van der Waals surface area contributed by atoms with E-state index in [2.05, 4.69) is 22.1 Å². The topological polar surface area (TPSA) is 52.6 Å². The molecule has 0 aliphatic rings. The average molecular weight is 294 g/mol. The SMILES string of the molecule is CC(CCN(C)C)NC(=O)c1sccc1C#CCCO. The second-order valence-corrected chi connectivity index (χ2v) is 5.82. The molecule has 0 aromatic carbocycles. The number of nitrogens with zero attached hydrogens (tertiary/aromatic N) is 1. The minimum Gasteiger partial charge on any atom is -0.395 e. The Morgan fingerprint density at radius 1 is 1.55 bits per heavy atom. The van der Waals surface area contributed by atoms with Crippen LogP contribution in [0.2, 0.25) is 0 Å². The van der Waals surface area contributed by atoms with Crippen molar-refractivity contribution in [2.45, 2.75) is 25.8 Å². The van der Waals surface area contributed by atoms with E-state index in [1.807, 2.05) is 32.5 Å². The predicted molar refractivity (Wildman–Crippen MR) is 83.0 cm³/mol. The van der Waals surface area contributed by atoms with Crippen molar-refractivity contribution in [3.8, 4) is 11.8 Å². The smallest absolute Gasteiger partial charge is 0.262 e. The lowest BCUT2D eigenvalue weighted by Gasteiger charge is -2.16. The number of rotatable bonds is 6. The Morgan fingerprint density at radius 2 is 2.30 bits per heavy atom. The number of carbonyl (C=O) groups excluding carboxylic acids is 1. The summed E-state index contributed by atoms with van der Waals surface area (Å²) in [7, 11) is 4.03. The summed E-state index contributed by atoms with van der Waals surface area (Å²) in [6.07, 6.45) is 1.34. The van der Waals surface area contributed by atoms with Gasteiger partial charge in [-0.1, -0.05) is 11.8 Å². The molecule has 0 saturated carbocycles. The Labute approximate surface area is 124 Å².